The van der Waals surface area contributed by atoms with Crippen LogP contribution in [0.25, 0.3) is 11.4 Å². The number of sulfone groups is 1. The lowest BCUT2D eigenvalue weighted by Gasteiger charge is -2.35. The third-order valence-corrected chi connectivity index (χ3v) is 7.47. The molecule has 0 bridgehead atoms. The fourth-order valence-corrected chi connectivity index (χ4v) is 3.54. The molecule has 2 amide bonds. The summed E-state index contributed by atoms with van der Waals surface area (Å²) < 4.78 is 29.3. The van der Waals surface area contributed by atoms with Crippen molar-refractivity contribution in [1.82, 2.24) is 20.3 Å². The number of ether oxygens (including phenoxy) is 1. The summed E-state index contributed by atoms with van der Waals surface area (Å²) in [6.07, 6.45) is 2.75. The van der Waals surface area contributed by atoms with Gasteiger partial charge in [0.2, 0.25) is 0 Å². The molecule has 31 heavy (non-hydrogen) atoms. The molecule has 2 N–H and O–H groups in total. The molecule has 168 valence electrons. The normalized spacial score (nSPS) is 17.3. The average Bonchev–Trinajstić information content (AvgIpc) is 2.73. The number of rotatable bonds is 5. The molecule has 3 rings (SSSR count). The molecule has 0 spiro atoms. The number of nitrogens with zero attached hydrogens (tertiary/aromatic N) is 4. The Morgan fingerprint density at radius 3 is 2.61 bits per heavy atom. The molecular weight excluding hydrogens is 420 g/mol. The van der Waals surface area contributed by atoms with Gasteiger partial charge in [0.15, 0.2) is 15.7 Å². The highest BCUT2D eigenvalue weighted by molar-refractivity contribution is 7.91. The summed E-state index contributed by atoms with van der Waals surface area (Å²) >= 11 is 0. The van der Waals surface area contributed by atoms with Crippen LogP contribution in [0.3, 0.4) is 0 Å². The van der Waals surface area contributed by atoms with Gasteiger partial charge in [-0.2, -0.15) is 0 Å². The van der Waals surface area contributed by atoms with E-state index in [9.17, 15) is 13.2 Å². The van der Waals surface area contributed by atoms with Crippen molar-refractivity contribution in [3.63, 3.8) is 0 Å². The lowest BCUT2D eigenvalue weighted by molar-refractivity contribution is 0.0985. The van der Waals surface area contributed by atoms with E-state index in [4.69, 9.17) is 9.72 Å². The first-order valence-corrected chi connectivity index (χ1v) is 11.8. The van der Waals surface area contributed by atoms with Crippen molar-refractivity contribution in [2.75, 3.05) is 43.3 Å². The number of carbonyl (C=O) groups excluding carboxylic acids is 1. The summed E-state index contributed by atoms with van der Waals surface area (Å²) in [6.45, 7) is 7.07. The zero-order valence-corrected chi connectivity index (χ0v) is 19.2. The minimum Gasteiger partial charge on any atom is -0.377 e. The van der Waals surface area contributed by atoms with Crippen LogP contribution < -0.4 is 15.5 Å². The topological polar surface area (TPSA) is 126 Å². The lowest BCUT2D eigenvalue weighted by Crippen LogP contribution is -2.44. The molecule has 3 heterocycles. The van der Waals surface area contributed by atoms with E-state index in [1.54, 1.807) is 38.2 Å². The number of amides is 2. The minimum absolute atomic E-state index is 0.0861. The Hall–Kier alpha value is -2.79. The first-order chi connectivity index (χ1) is 14.5. The van der Waals surface area contributed by atoms with Gasteiger partial charge in [-0.1, -0.05) is 0 Å². The quantitative estimate of drug-likeness (QED) is 0.709. The first kappa shape index (κ1) is 22.9. The van der Waals surface area contributed by atoms with Crippen LogP contribution in [0.5, 0.6) is 0 Å². The van der Waals surface area contributed by atoms with Crippen LogP contribution >= 0.6 is 0 Å². The SMILES string of the molecule is CNC(=O)Nc1ccc(-c2nc(N3CCOC[C@@H]3C)cc(C(C)(C)S(C)(=O)=O)n2)cn1. The number of aromatic nitrogens is 3. The molecule has 1 aliphatic heterocycles. The Morgan fingerprint density at radius 2 is 2.03 bits per heavy atom. The molecule has 10 nitrogen and oxygen atoms in total. The predicted octanol–water partition coefficient (Wildman–Crippen LogP) is 1.79. The highest BCUT2D eigenvalue weighted by Crippen LogP contribution is 2.32. The molecule has 0 unspecified atom stereocenters. The minimum atomic E-state index is -3.44. The smallest absolute Gasteiger partial charge is 0.320 e. The molecule has 0 aromatic carbocycles. The standard InChI is InChI=1S/C20H28N6O4S/c1-13-12-30-9-8-26(13)17-10-15(20(2,3)31(5,28)29)23-18(25-17)14-6-7-16(22-11-14)24-19(27)21-4/h6-7,10-11,13H,8-9,12H2,1-5H3,(H2,21,22,24,27)/t13-/m0/s1. The summed E-state index contributed by atoms with van der Waals surface area (Å²) in [6, 6.07) is 4.82. The number of urea groups is 1. The number of hydrogen-bond acceptors (Lipinski definition) is 8. The second-order valence-corrected chi connectivity index (χ2v) is 10.5. The van der Waals surface area contributed by atoms with Crippen LogP contribution in [0.4, 0.5) is 16.4 Å². The number of hydrogen-bond donors (Lipinski definition) is 2. The lowest BCUT2D eigenvalue weighted by atomic mass is 10.1. The zero-order chi connectivity index (χ0) is 22.8. The Bertz CT molecular complexity index is 1060. The summed E-state index contributed by atoms with van der Waals surface area (Å²) in [5, 5.41) is 5.05. The van der Waals surface area contributed by atoms with Gasteiger partial charge in [0.25, 0.3) is 0 Å². The second kappa shape index (κ2) is 8.75. The number of anilines is 2. The molecule has 0 radical (unpaired) electrons. The Labute approximate surface area is 182 Å². The van der Waals surface area contributed by atoms with Crippen molar-refractivity contribution < 1.29 is 17.9 Å². The molecule has 1 aliphatic rings. The molecular formula is C20H28N6O4S. The van der Waals surface area contributed by atoms with Crippen LogP contribution in [0.15, 0.2) is 24.4 Å². The van der Waals surface area contributed by atoms with Crippen molar-refractivity contribution in [2.24, 2.45) is 0 Å². The molecule has 2 aromatic rings. The van der Waals surface area contributed by atoms with E-state index in [0.29, 0.717) is 48.5 Å². The monoisotopic (exact) mass is 448 g/mol. The van der Waals surface area contributed by atoms with Gasteiger partial charge < -0.3 is 15.0 Å². The second-order valence-electron chi connectivity index (χ2n) is 7.97. The summed E-state index contributed by atoms with van der Waals surface area (Å²) in [7, 11) is -1.93. The van der Waals surface area contributed by atoms with Crippen LogP contribution in [0, 0.1) is 0 Å². The fourth-order valence-electron chi connectivity index (χ4n) is 3.06. The largest absolute Gasteiger partial charge is 0.377 e. The molecule has 1 atom stereocenters. The zero-order valence-electron chi connectivity index (χ0n) is 18.3. The molecule has 0 saturated carbocycles. The van der Waals surface area contributed by atoms with Gasteiger partial charge in [-0.25, -0.2) is 28.2 Å². The van der Waals surface area contributed by atoms with Gasteiger partial charge in [-0.05, 0) is 32.9 Å². The van der Waals surface area contributed by atoms with E-state index in [2.05, 4.69) is 25.5 Å². The maximum Gasteiger partial charge on any atom is 0.320 e. The number of pyridine rings is 1. The van der Waals surface area contributed by atoms with Gasteiger partial charge >= 0.3 is 6.03 Å². The number of carbonyl (C=O) groups is 1. The van der Waals surface area contributed by atoms with Crippen molar-refractivity contribution in [3.8, 4) is 11.4 Å². The van der Waals surface area contributed by atoms with E-state index < -0.39 is 14.6 Å². The maximum absolute atomic E-state index is 12.5. The van der Waals surface area contributed by atoms with Crippen LogP contribution in [0.1, 0.15) is 26.5 Å². The number of nitrogens with one attached hydrogen (secondary N) is 2. The van der Waals surface area contributed by atoms with Gasteiger partial charge in [0.1, 0.15) is 16.4 Å². The van der Waals surface area contributed by atoms with Crippen molar-refractivity contribution in [2.45, 2.75) is 31.6 Å². The van der Waals surface area contributed by atoms with E-state index in [1.165, 1.54) is 13.3 Å². The molecule has 0 aliphatic carbocycles. The van der Waals surface area contributed by atoms with E-state index in [1.807, 2.05) is 6.92 Å². The van der Waals surface area contributed by atoms with E-state index >= 15 is 0 Å². The summed E-state index contributed by atoms with van der Waals surface area (Å²) in [5.74, 6) is 1.37. The van der Waals surface area contributed by atoms with Crippen LogP contribution in [0.2, 0.25) is 0 Å². The highest BCUT2D eigenvalue weighted by atomic mass is 32.2. The van der Waals surface area contributed by atoms with Crippen molar-refractivity contribution in [3.05, 3.63) is 30.1 Å². The summed E-state index contributed by atoms with van der Waals surface area (Å²) in [5.41, 5.74) is 1.01. The van der Waals surface area contributed by atoms with Gasteiger partial charge in [0.05, 0.1) is 24.9 Å². The van der Waals surface area contributed by atoms with E-state index in [0.717, 1.165) is 0 Å². The third kappa shape index (κ3) is 4.93. The summed E-state index contributed by atoms with van der Waals surface area (Å²) in [4.78, 5) is 27.1. The third-order valence-electron chi connectivity index (χ3n) is 5.41. The molecule has 2 aromatic heterocycles. The predicted molar refractivity (Wildman–Crippen MR) is 119 cm³/mol. The molecule has 1 fully saturated rings. The average molecular weight is 449 g/mol. The van der Waals surface area contributed by atoms with Crippen LogP contribution in [-0.4, -0.2) is 68.5 Å². The maximum atomic E-state index is 12.5. The highest BCUT2D eigenvalue weighted by Gasteiger charge is 2.35. The van der Waals surface area contributed by atoms with E-state index in [-0.39, 0.29) is 12.1 Å². The van der Waals surface area contributed by atoms with Gasteiger partial charge in [-0.15, -0.1) is 0 Å². The first-order valence-electron chi connectivity index (χ1n) is 9.91. The van der Waals surface area contributed by atoms with Crippen molar-refractivity contribution >= 4 is 27.5 Å². The van der Waals surface area contributed by atoms with Gasteiger partial charge in [-0.3, -0.25) is 5.32 Å². The number of morpholine rings is 1. The Kier molecular flexibility index (Phi) is 6.46. The Balaban J connectivity index is 2.08. The Morgan fingerprint density at radius 1 is 1.29 bits per heavy atom. The fraction of sp³-hybridized carbons (Fsp3) is 0.500. The van der Waals surface area contributed by atoms with Crippen LogP contribution in [-0.2, 0) is 19.3 Å². The van der Waals surface area contributed by atoms with Crippen molar-refractivity contribution in [1.29, 1.82) is 0 Å². The molecule has 11 heteroatoms. The molecule has 1 saturated heterocycles. The van der Waals surface area contributed by atoms with Gasteiger partial charge in [0, 0.05) is 37.7 Å².